The molecule has 1 fully saturated rings. The van der Waals surface area contributed by atoms with Gasteiger partial charge < -0.3 is 10.0 Å². The third-order valence-electron chi connectivity index (χ3n) is 2.79. The summed E-state index contributed by atoms with van der Waals surface area (Å²) in [5.41, 5.74) is 2.23. The Balaban J connectivity index is 2.28. The molecule has 0 aliphatic carbocycles. The summed E-state index contributed by atoms with van der Waals surface area (Å²) >= 11 is 0. The van der Waals surface area contributed by atoms with Crippen LogP contribution in [0, 0.1) is 0 Å². The minimum atomic E-state index is 0.138. The molecule has 2 rings (SSSR count). The van der Waals surface area contributed by atoms with E-state index in [1.807, 2.05) is 18.2 Å². The van der Waals surface area contributed by atoms with Crippen LogP contribution in [-0.4, -0.2) is 17.7 Å². The van der Waals surface area contributed by atoms with Crippen molar-refractivity contribution in [1.82, 2.24) is 0 Å². The molecule has 0 radical (unpaired) electrons. The molecule has 1 aliphatic rings. The van der Waals surface area contributed by atoms with Crippen LogP contribution in [0.2, 0.25) is 0 Å². The molecule has 1 aromatic rings. The van der Waals surface area contributed by atoms with Gasteiger partial charge in [-0.2, -0.15) is 0 Å². The van der Waals surface area contributed by atoms with Gasteiger partial charge in [0, 0.05) is 23.8 Å². The van der Waals surface area contributed by atoms with Crippen LogP contribution in [0.25, 0.3) is 0 Å². The Hall–Kier alpha value is -1.02. The second-order valence-electron chi connectivity index (χ2n) is 3.62. The summed E-state index contributed by atoms with van der Waals surface area (Å²) in [6, 6.07) is 8.70. The van der Waals surface area contributed by atoms with Crippen LogP contribution in [0.3, 0.4) is 0 Å². The van der Waals surface area contributed by atoms with Crippen molar-refractivity contribution in [1.29, 1.82) is 0 Å². The average Bonchev–Trinajstić information content (AvgIpc) is 2.16. The molecule has 1 atom stereocenters. The van der Waals surface area contributed by atoms with Gasteiger partial charge in [-0.3, -0.25) is 0 Å². The van der Waals surface area contributed by atoms with Gasteiger partial charge in [-0.1, -0.05) is 18.2 Å². The molecule has 70 valence electrons. The number of hydrogen-bond donors (Lipinski definition) is 1. The molecule has 1 unspecified atom stereocenters. The minimum absolute atomic E-state index is 0.138. The van der Waals surface area contributed by atoms with Gasteiger partial charge in [-0.15, -0.1) is 0 Å². The first-order valence-corrected chi connectivity index (χ1v) is 4.78. The van der Waals surface area contributed by atoms with Crippen molar-refractivity contribution < 1.29 is 5.11 Å². The fourth-order valence-corrected chi connectivity index (χ4v) is 1.80. The highest BCUT2D eigenvalue weighted by atomic mass is 16.3. The van der Waals surface area contributed by atoms with Crippen LogP contribution in [0.1, 0.15) is 18.9 Å². The highest BCUT2D eigenvalue weighted by Crippen LogP contribution is 2.29. The lowest BCUT2D eigenvalue weighted by Crippen LogP contribution is -2.46. The van der Waals surface area contributed by atoms with Crippen molar-refractivity contribution in [2.45, 2.75) is 26.0 Å². The normalized spacial score (nSPS) is 21.4. The summed E-state index contributed by atoms with van der Waals surface area (Å²) in [6.07, 6.45) is 1.26. The Bertz CT molecular complexity index is 298. The molecule has 2 nitrogen and oxygen atoms in total. The molecule has 0 saturated carbocycles. The summed E-state index contributed by atoms with van der Waals surface area (Å²) in [5.74, 6) is 0. The molecular weight excluding hydrogens is 162 g/mol. The van der Waals surface area contributed by atoms with E-state index < -0.39 is 0 Å². The number of anilines is 1. The number of benzene rings is 1. The summed E-state index contributed by atoms with van der Waals surface area (Å²) in [5, 5.41) is 9.15. The van der Waals surface area contributed by atoms with Crippen LogP contribution < -0.4 is 4.90 Å². The zero-order chi connectivity index (χ0) is 9.26. The summed E-state index contributed by atoms with van der Waals surface area (Å²) in [6.45, 7) is 3.48. The van der Waals surface area contributed by atoms with E-state index in [0.29, 0.717) is 6.04 Å². The van der Waals surface area contributed by atoms with Gasteiger partial charge in [0.05, 0.1) is 6.61 Å². The molecule has 0 aromatic heterocycles. The molecule has 0 bridgehead atoms. The van der Waals surface area contributed by atoms with Gasteiger partial charge in [-0.05, 0) is 19.4 Å². The van der Waals surface area contributed by atoms with E-state index >= 15 is 0 Å². The van der Waals surface area contributed by atoms with Gasteiger partial charge in [-0.25, -0.2) is 0 Å². The van der Waals surface area contributed by atoms with Crippen LogP contribution in [0.15, 0.2) is 24.3 Å². The van der Waals surface area contributed by atoms with E-state index in [9.17, 15) is 0 Å². The largest absolute Gasteiger partial charge is 0.392 e. The van der Waals surface area contributed by atoms with Gasteiger partial charge >= 0.3 is 0 Å². The molecule has 0 spiro atoms. The van der Waals surface area contributed by atoms with E-state index in [4.69, 9.17) is 5.11 Å². The number of para-hydroxylation sites is 1. The van der Waals surface area contributed by atoms with E-state index in [1.165, 1.54) is 12.1 Å². The van der Waals surface area contributed by atoms with Gasteiger partial charge in [0.15, 0.2) is 0 Å². The summed E-state index contributed by atoms with van der Waals surface area (Å²) in [7, 11) is 0. The quantitative estimate of drug-likeness (QED) is 0.744. The molecule has 1 aliphatic heterocycles. The first-order chi connectivity index (χ1) is 6.33. The zero-order valence-electron chi connectivity index (χ0n) is 7.90. The lowest BCUT2D eigenvalue weighted by Gasteiger charge is -2.41. The third kappa shape index (κ3) is 1.42. The van der Waals surface area contributed by atoms with Crippen LogP contribution in [0.4, 0.5) is 5.69 Å². The number of aliphatic hydroxyl groups excluding tert-OH is 1. The standard InChI is InChI=1S/C11H15NO/c1-9-6-7-12(9)11-5-3-2-4-10(11)8-13/h2-5,9,13H,6-8H2,1H3. The third-order valence-corrected chi connectivity index (χ3v) is 2.79. The summed E-state index contributed by atoms with van der Waals surface area (Å²) < 4.78 is 0. The number of rotatable bonds is 2. The molecule has 1 heterocycles. The lowest BCUT2D eigenvalue weighted by atomic mass is 10.0. The predicted molar refractivity (Wildman–Crippen MR) is 53.8 cm³/mol. The Kier molecular flexibility index (Phi) is 2.23. The van der Waals surface area contributed by atoms with Crippen molar-refractivity contribution in [3.05, 3.63) is 29.8 Å². The van der Waals surface area contributed by atoms with Crippen LogP contribution >= 0.6 is 0 Å². The second-order valence-corrected chi connectivity index (χ2v) is 3.62. The highest BCUT2D eigenvalue weighted by molar-refractivity contribution is 5.55. The Labute approximate surface area is 78.8 Å². The van der Waals surface area contributed by atoms with Crippen molar-refractivity contribution in [3.8, 4) is 0 Å². The maximum atomic E-state index is 9.15. The predicted octanol–water partition coefficient (Wildman–Crippen LogP) is 1.78. The second kappa shape index (κ2) is 3.38. The molecule has 0 amide bonds. The zero-order valence-corrected chi connectivity index (χ0v) is 7.90. The molecule has 13 heavy (non-hydrogen) atoms. The summed E-state index contributed by atoms with van der Waals surface area (Å²) in [4.78, 5) is 2.34. The van der Waals surface area contributed by atoms with E-state index in [-0.39, 0.29) is 6.61 Å². The van der Waals surface area contributed by atoms with Crippen LogP contribution in [-0.2, 0) is 6.61 Å². The fourth-order valence-electron chi connectivity index (χ4n) is 1.80. The van der Waals surface area contributed by atoms with Crippen LogP contribution in [0.5, 0.6) is 0 Å². The number of aliphatic hydroxyl groups is 1. The molecule has 2 heteroatoms. The molecule has 1 N–H and O–H groups in total. The monoisotopic (exact) mass is 177 g/mol. The first kappa shape index (κ1) is 8.57. The molecule has 1 saturated heterocycles. The molecule has 1 aromatic carbocycles. The highest BCUT2D eigenvalue weighted by Gasteiger charge is 2.24. The minimum Gasteiger partial charge on any atom is -0.392 e. The first-order valence-electron chi connectivity index (χ1n) is 4.78. The van der Waals surface area contributed by atoms with E-state index in [2.05, 4.69) is 17.9 Å². The van der Waals surface area contributed by atoms with Crippen molar-refractivity contribution in [3.63, 3.8) is 0 Å². The van der Waals surface area contributed by atoms with Gasteiger partial charge in [0.1, 0.15) is 0 Å². The van der Waals surface area contributed by atoms with Gasteiger partial charge in [0.25, 0.3) is 0 Å². The number of hydrogen-bond acceptors (Lipinski definition) is 2. The van der Waals surface area contributed by atoms with E-state index in [0.717, 1.165) is 12.1 Å². The fraction of sp³-hybridized carbons (Fsp3) is 0.455. The topological polar surface area (TPSA) is 23.5 Å². The maximum Gasteiger partial charge on any atom is 0.0702 e. The van der Waals surface area contributed by atoms with E-state index in [1.54, 1.807) is 0 Å². The van der Waals surface area contributed by atoms with Gasteiger partial charge in [0.2, 0.25) is 0 Å². The molecular formula is C11H15NO. The Morgan fingerprint density at radius 1 is 1.46 bits per heavy atom. The average molecular weight is 177 g/mol. The SMILES string of the molecule is CC1CCN1c1ccccc1CO. The Morgan fingerprint density at radius 2 is 2.23 bits per heavy atom. The Morgan fingerprint density at radius 3 is 2.77 bits per heavy atom. The number of nitrogens with zero attached hydrogens (tertiary/aromatic N) is 1. The van der Waals surface area contributed by atoms with Crippen molar-refractivity contribution >= 4 is 5.69 Å². The lowest BCUT2D eigenvalue weighted by molar-refractivity contribution is 0.281. The smallest absolute Gasteiger partial charge is 0.0702 e. The van der Waals surface area contributed by atoms with Crippen molar-refractivity contribution in [2.24, 2.45) is 0 Å². The maximum absolute atomic E-state index is 9.15. The van der Waals surface area contributed by atoms with Crippen molar-refractivity contribution in [2.75, 3.05) is 11.4 Å².